The molecule has 0 atom stereocenters. The third-order valence-corrected chi connectivity index (χ3v) is 3.51. The highest BCUT2D eigenvalue weighted by Crippen LogP contribution is 2.19. The number of hydrogen-bond acceptors (Lipinski definition) is 4. The second kappa shape index (κ2) is 6.43. The number of aromatic nitrogens is 2. The topological polar surface area (TPSA) is 51.0 Å². The predicted molar refractivity (Wildman–Crippen MR) is 87.6 cm³/mol. The highest BCUT2D eigenvalue weighted by Gasteiger charge is 2.07. The number of anilines is 1. The van der Waals surface area contributed by atoms with Crippen LogP contribution in [0.5, 0.6) is 0 Å². The SMILES string of the molecule is CC(C)c1ccc(NCc2nnc(-c3ccccc3)o2)cc1. The molecule has 1 aromatic heterocycles. The number of nitrogens with zero attached hydrogens (tertiary/aromatic N) is 2. The molecule has 0 saturated heterocycles. The first-order chi connectivity index (χ1) is 10.7. The van der Waals surface area contributed by atoms with Crippen LogP contribution in [0.1, 0.15) is 31.2 Å². The molecule has 0 aliphatic rings. The minimum Gasteiger partial charge on any atom is -0.419 e. The maximum Gasteiger partial charge on any atom is 0.247 e. The Kier molecular flexibility index (Phi) is 4.19. The van der Waals surface area contributed by atoms with E-state index < -0.39 is 0 Å². The van der Waals surface area contributed by atoms with E-state index >= 15 is 0 Å². The van der Waals surface area contributed by atoms with Crippen molar-refractivity contribution < 1.29 is 4.42 Å². The third-order valence-electron chi connectivity index (χ3n) is 3.51. The van der Waals surface area contributed by atoms with Crippen molar-refractivity contribution in [2.75, 3.05) is 5.32 Å². The van der Waals surface area contributed by atoms with Gasteiger partial charge < -0.3 is 9.73 Å². The van der Waals surface area contributed by atoms with Gasteiger partial charge in [-0.3, -0.25) is 0 Å². The Morgan fingerprint density at radius 2 is 1.68 bits per heavy atom. The second-order valence-corrected chi connectivity index (χ2v) is 5.50. The van der Waals surface area contributed by atoms with Crippen LogP contribution in [0.3, 0.4) is 0 Å². The van der Waals surface area contributed by atoms with Crippen LogP contribution in [0.2, 0.25) is 0 Å². The Bertz CT molecular complexity index is 718. The van der Waals surface area contributed by atoms with Gasteiger partial charge in [-0.25, -0.2) is 0 Å². The molecule has 1 N–H and O–H groups in total. The van der Waals surface area contributed by atoms with Crippen molar-refractivity contribution in [2.24, 2.45) is 0 Å². The standard InChI is InChI=1S/C18H19N3O/c1-13(2)14-8-10-16(11-9-14)19-12-17-20-21-18(22-17)15-6-4-3-5-7-15/h3-11,13,19H,12H2,1-2H3. The van der Waals surface area contributed by atoms with Gasteiger partial charge in [0.1, 0.15) is 0 Å². The quantitative estimate of drug-likeness (QED) is 0.754. The first-order valence-electron chi connectivity index (χ1n) is 7.44. The van der Waals surface area contributed by atoms with Gasteiger partial charge in [-0.2, -0.15) is 0 Å². The third kappa shape index (κ3) is 3.34. The highest BCUT2D eigenvalue weighted by atomic mass is 16.4. The molecule has 22 heavy (non-hydrogen) atoms. The van der Waals surface area contributed by atoms with E-state index in [0.29, 0.717) is 24.2 Å². The van der Waals surface area contributed by atoms with Crippen LogP contribution in [-0.2, 0) is 6.54 Å². The molecule has 4 nitrogen and oxygen atoms in total. The zero-order valence-corrected chi connectivity index (χ0v) is 12.8. The van der Waals surface area contributed by atoms with Crippen molar-refractivity contribution in [3.8, 4) is 11.5 Å². The fraction of sp³-hybridized carbons (Fsp3) is 0.222. The van der Waals surface area contributed by atoms with Crippen LogP contribution in [0.15, 0.2) is 59.0 Å². The minimum atomic E-state index is 0.515. The summed E-state index contributed by atoms with van der Waals surface area (Å²) in [5.74, 6) is 1.66. The summed E-state index contributed by atoms with van der Waals surface area (Å²) in [6.07, 6.45) is 0. The van der Waals surface area contributed by atoms with Crippen LogP contribution in [0.25, 0.3) is 11.5 Å². The molecule has 1 heterocycles. The number of hydrogen-bond donors (Lipinski definition) is 1. The Morgan fingerprint density at radius 1 is 0.955 bits per heavy atom. The van der Waals surface area contributed by atoms with E-state index in [2.05, 4.69) is 53.6 Å². The lowest BCUT2D eigenvalue weighted by Gasteiger charge is -2.07. The van der Waals surface area contributed by atoms with Crippen LogP contribution >= 0.6 is 0 Å². The molecule has 4 heteroatoms. The normalized spacial score (nSPS) is 10.9. The lowest BCUT2D eigenvalue weighted by Crippen LogP contribution is -2.00. The zero-order valence-electron chi connectivity index (χ0n) is 12.8. The molecule has 0 fully saturated rings. The van der Waals surface area contributed by atoms with Crippen LogP contribution in [0.4, 0.5) is 5.69 Å². The fourth-order valence-corrected chi connectivity index (χ4v) is 2.19. The van der Waals surface area contributed by atoms with Crippen LogP contribution in [0, 0.1) is 0 Å². The summed E-state index contributed by atoms with van der Waals surface area (Å²) in [4.78, 5) is 0. The first kappa shape index (κ1) is 14.3. The molecule has 0 saturated carbocycles. The lowest BCUT2D eigenvalue weighted by molar-refractivity contribution is 0.515. The zero-order chi connectivity index (χ0) is 15.4. The molecule has 0 amide bonds. The van der Waals surface area contributed by atoms with Crippen LogP contribution < -0.4 is 5.32 Å². The fourth-order valence-electron chi connectivity index (χ4n) is 2.19. The molecule has 0 radical (unpaired) electrons. The summed E-state index contributed by atoms with van der Waals surface area (Å²) in [6, 6.07) is 18.2. The molecule has 2 aromatic carbocycles. The first-order valence-corrected chi connectivity index (χ1v) is 7.44. The molecule has 0 spiro atoms. The number of benzene rings is 2. The minimum absolute atomic E-state index is 0.515. The van der Waals surface area contributed by atoms with Crippen molar-refractivity contribution in [1.82, 2.24) is 10.2 Å². The molecule has 3 aromatic rings. The summed E-state index contributed by atoms with van der Waals surface area (Å²) in [5, 5.41) is 11.4. The summed E-state index contributed by atoms with van der Waals surface area (Å²) in [7, 11) is 0. The molecule has 112 valence electrons. The van der Waals surface area contributed by atoms with Gasteiger partial charge >= 0.3 is 0 Å². The van der Waals surface area contributed by atoms with E-state index in [1.807, 2.05) is 30.3 Å². The highest BCUT2D eigenvalue weighted by molar-refractivity contribution is 5.52. The van der Waals surface area contributed by atoms with Crippen LogP contribution in [-0.4, -0.2) is 10.2 Å². The smallest absolute Gasteiger partial charge is 0.247 e. The Balaban J connectivity index is 1.63. The van der Waals surface area contributed by atoms with E-state index in [-0.39, 0.29) is 0 Å². The Hall–Kier alpha value is -2.62. The molecular formula is C18H19N3O. The van der Waals surface area contributed by atoms with E-state index in [9.17, 15) is 0 Å². The monoisotopic (exact) mass is 293 g/mol. The van der Waals surface area contributed by atoms with Gasteiger partial charge in [0.05, 0.1) is 6.54 Å². The van der Waals surface area contributed by atoms with Crippen molar-refractivity contribution >= 4 is 5.69 Å². The molecule has 0 aliphatic heterocycles. The van der Waals surface area contributed by atoms with E-state index in [1.165, 1.54) is 5.56 Å². The van der Waals surface area contributed by atoms with Gasteiger partial charge in [0, 0.05) is 11.3 Å². The summed E-state index contributed by atoms with van der Waals surface area (Å²) >= 11 is 0. The summed E-state index contributed by atoms with van der Waals surface area (Å²) in [6.45, 7) is 4.89. The number of nitrogens with one attached hydrogen (secondary N) is 1. The number of rotatable bonds is 5. The molecule has 0 unspecified atom stereocenters. The molecule has 3 rings (SSSR count). The lowest BCUT2D eigenvalue weighted by atomic mass is 10.0. The summed E-state index contributed by atoms with van der Waals surface area (Å²) in [5.41, 5.74) is 3.31. The molecule has 0 aliphatic carbocycles. The van der Waals surface area contributed by atoms with Crippen molar-refractivity contribution in [3.63, 3.8) is 0 Å². The van der Waals surface area contributed by atoms with Crippen molar-refractivity contribution in [3.05, 3.63) is 66.1 Å². The van der Waals surface area contributed by atoms with Gasteiger partial charge in [0.15, 0.2) is 0 Å². The Labute approximate surface area is 130 Å². The average Bonchev–Trinajstić information content (AvgIpc) is 3.03. The molecular weight excluding hydrogens is 274 g/mol. The van der Waals surface area contributed by atoms with Gasteiger partial charge in [-0.15, -0.1) is 10.2 Å². The average molecular weight is 293 g/mol. The van der Waals surface area contributed by atoms with E-state index in [0.717, 1.165) is 11.3 Å². The van der Waals surface area contributed by atoms with Gasteiger partial charge in [0.2, 0.25) is 11.8 Å². The van der Waals surface area contributed by atoms with Crippen molar-refractivity contribution in [2.45, 2.75) is 26.3 Å². The second-order valence-electron chi connectivity index (χ2n) is 5.50. The summed E-state index contributed by atoms with van der Waals surface area (Å²) < 4.78 is 5.67. The molecule has 0 bridgehead atoms. The van der Waals surface area contributed by atoms with Gasteiger partial charge in [-0.1, -0.05) is 44.2 Å². The van der Waals surface area contributed by atoms with Gasteiger partial charge in [0.25, 0.3) is 0 Å². The van der Waals surface area contributed by atoms with Crippen molar-refractivity contribution in [1.29, 1.82) is 0 Å². The predicted octanol–water partition coefficient (Wildman–Crippen LogP) is 4.47. The Morgan fingerprint density at radius 3 is 2.36 bits per heavy atom. The maximum atomic E-state index is 5.67. The van der Waals surface area contributed by atoms with Gasteiger partial charge in [-0.05, 0) is 35.7 Å². The largest absolute Gasteiger partial charge is 0.419 e. The maximum absolute atomic E-state index is 5.67. The van der Waals surface area contributed by atoms with E-state index in [1.54, 1.807) is 0 Å². The van der Waals surface area contributed by atoms with E-state index in [4.69, 9.17) is 4.42 Å².